The Balaban J connectivity index is 0.000000875. The van der Waals surface area contributed by atoms with Gasteiger partial charge >= 0.3 is 0 Å². The van der Waals surface area contributed by atoms with Crippen molar-refractivity contribution < 1.29 is 18.3 Å². The lowest BCUT2D eigenvalue weighted by Crippen LogP contribution is -2.43. The van der Waals surface area contributed by atoms with Crippen LogP contribution in [0.3, 0.4) is 0 Å². The Hall–Kier alpha value is -3.52. The molecule has 0 saturated heterocycles. The Morgan fingerprint density at radius 2 is 1.92 bits per heavy atom. The van der Waals surface area contributed by atoms with E-state index in [9.17, 15) is 13.6 Å². The summed E-state index contributed by atoms with van der Waals surface area (Å²) in [5.41, 5.74) is 2.23. The number of carbonyl (C=O) groups is 1. The lowest BCUT2D eigenvalue weighted by Gasteiger charge is -2.21. The van der Waals surface area contributed by atoms with Crippen molar-refractivity contribution in [1.82, 2.24) is 15.6 Å². The number of pyridine rings is 1. The fourth-order valence-electron chi connectivity index (χ4n) is 3.34. The van der Waals surface area contributed by atoms with E-state index in [1.165, 1.54) is 17.7 Å². The van der Waals surface area contributed by atoms with Crippen LogP contribution in [-0.2, 0) is 9.53 Å². The highest BCUT2D eigenvalue weighted by Gasteiger charge is 2.20. The van der Waals surface area contributed by atoms with E-state index in [1.807, 2.05) is 71.3 Å². The zero-order valence-corrected chi connectivity index (χ0v) is 23.6. The van der Waals surface area contributed by atoms with Gasteiger partial charge in [0.2, 0.25) is 0 Å². The Labute approximate surface area is 227 Å². The van der Waals surface area contributed by atoms with Gasteiger partial charge in [0.25, 0.3) is 0 Å². The van der Waals surface area contributed by atoms with Gasteiger partial charge in [-0.05, 0) is 62.7 Å². The highest BCUT2D eigenvalue weighted by atomic mass is 19.1. The first-order chi connectivity index (χ1) is 18.5. The standard InChI is InChI=1S/C20H25FN2O2.C7H10N2.C2H6.CH3F/c1-3-18(24)15-10-12-17(21)19(13-11-15)25-14-20(22-2)23-16-8-6-4-5-7-9-16;1-6-4-3-5-9-7(6)8-2;2*1-2/h3-8,12-13,15,20,22-23H,1,9-11,14H2,2H3;3-5H,1-2H3,(H,8,9);1-2H3;1H3. The number of ether oxygens (including phenoxy) is 1. The Morgan fingerprint density at radius 3 is 2.53 bits per heavy atom. The second-order valence-electron chi connectivity index (χ2n) is 7.82. The number of nitrogens with zero attached hydrogens (tertiary/aromatic N) is 1. The summed E-state index contributed by atoms with van der Waals surface area (Å²) in [5, 5.41) is 9.44. The molecule has 0 amide bonds. The molecule has 2 aliphatic carbocycles. The number of anilines is 1. The molecule has 2 atom stereocenters. The van der Waals surface area contributed by atoms with Gasteiger partial charge in [0.15, 0.2) is 17.4 Å². The third-order valence-electron chi connectivity index (χ3n) is 5.36. The van der Waals surface area contributed by atoms with Gasteiger partial charge in [-0.25, -0.2) is 9.37 Å². The van der Waals surface area contributed by atoms with E-state index in [2.05, 4.69) is 33.6 Å². The number of nitrogens with one attached hydrogen (secondary N) is 3. The number of ketones is 1. The molecule has 0 fully saturated rings. The van der Waals surface area contributed by atoms with Crippen LogP contribution in [0.4, 0.5) is 14.6 Å². The molecule has 0 radical (unpaired) electrons. The summed E-state index contributed by atoms with van der Waals surface area (Å²) in [6.45, 7) is 9.77. The molecule has 8 heteroatoms. The molecule has 1 aromatic heterocycles. The maximum Gasteiger partial charge on any atom is 0.160 e. The normalized spacial score (nSPS) is 16.4. The summed E-state index contributed by atoms with van der Waals surface area (Å²) in [7, 11) is 4.19. The quantitative estimate of drug-likeness (QED) is 0.251. The van der Waals surface area contributed by atoms with Crippen molar-refractivity contribution >= 4 is 11.6 Å². The van der Waals surface area contributed by atoms with Gasteiger partial charge < -0.3 is 15.4 Å². The number of aryl methyl sites for hydroxylation is 1. The Bertz CT molecular complexity index is 984. The summed E-state index contributed by atoms with van der Waals surface area (Å²) in [5.74, 6) is 0.386. The maximum absolute atomic E-state index is 14.2. The van der Waals surface area contributed by atoms with Crippen molar-refractivity contribution in [2.75, 3.05) is 33.2 Å². The van der Waals surface area contributed by atoms with Gasteiger partial charge in [-0.2, -0.15) is 0 Å². The number of allylic oxidation sites excluding steroid dienone is 9. The van der Waals surface area contributed by atoms with Crippen molar-refractivity contribution in [2.24, 2.45) is 5.92 Å². The largest absolute Gasteiger partial charge is 0.487 e. The third kappa shape index (κ3) is 13.1. The summed E-state index contributed by atoms with van der Waals surface area (Å²) < 4.78 is 29.3. The van der Waals surface area contributed by atoms with Crippen LogP contribution < -0.4 is 16.0 Å². The number of carbonyl (C=O) groups excluding carboxylic acids is 1. The Kier molecular flexibility index (Phi) is 19.6. The smallest absolute Gasteiger partial charge is 0.160 e. The number of aromatic nitrogens is 1. The van der Waals surface area contributed by atoms with Crippen LogP contribution in [0.5, 0.6) is 0 Å². The zero-order valence-electron chi connectivity index (χ0n) is 23.6. The molecule has 1 aromatic rings. The molecule has 0 bridgehead atoms. The first kappa shape index (κ1) is 34.5. The van der Waals surface area contributed by atoms with Crippen LogP contribution >= 0.6 is 0 Å². The number of hydrogen-bond donors (Lipinski definition) is 3. The number of hydrogen-bond acceptors (Lipinski definition) is 6. The minimum Gasteiger partial charge on any atom is -0.487 e. The molecule has 0 spiro atoms. The molecule has 0 aliphatic heterocycles. The third-order valence-corrected chi connectivity index (χ3v) is 5.36. The predicted molar refractivity (Wildman–Crippen MR) is 155 cm³/mol. The monoisotopic (exact) mass is 530 g/mol. The van der Waals surface area contributed by atoms with Crippen LogP contribution in [0.2, 0.25) is 0 Å². The average molecular weight is 531 g/mol. The number of alkyl halides is 1. The van der Waals surface area contributed by atoms with Gasteiger partial charge in [-0.15, -0.1) is 0 Å². The van der Waals surface area contributed by atoms with Crippen LogP contribution in [0, 0.1) is 12.8 Å². The molecule has 1 heterocycles. The maximum atomic E-state index is 14.2. The molecule has 3 N–H and O–H groups in total. The summed E-state index contributed by atoms with van der Waals surface area (Å²) in [6, 6.07) is 3.95. The molecule has 2 aliphatic rings. The van der Waals surface area contributed by atoms with Gasteiger partial charge in [0.1, 0.15) is 18.6 Å². The van der Waals surface area contributed by atoms with Crippen molar-refractivity contribution in [1.29, 1.82) is 0 Å². The number of rotatable bonds is 9. The fourth-order valence-corrected chi connectivity index (χ4v) is 3.34. The van der Waals surface area contributed by atoms with E-state index >= 15 is 0 Å². The first-order valence-corrected chi connectivity index (χ1v) is 12.8. The summed E-state index contributed by atoms with van der Waals surface area (Å²) >= 11 is 0. The lowest BCUT2D eigenvalue weighted by molar-refractivity contribution is -0.118. The van der Waals surface area contributed by atoms with E-state index in [0.29, 0.717) is 20.0 Å². The molecule has 6 nitrogen and oxygen atoms in total. The van der Waals surface area contributed by atoms with E-state index in [0.717, 1.165) is 17.9 Å². The van der Waals surface area contributed by atoms with Gasteiger partial charge in [-0.1, -0.05) is 50.8 Å². The van der Waals surface area contributed by atoms with Gasteiger partial charge in [0, 0.05) is 31.3 Å². The Morgan fingerprint density at radius 1 is 1.21 bits per heavy atom. The van der Waals surface area contributed by atoms with E-state index in [4.69, 9.17) is 4.74 Å². The SMILES string of the molecule is C=CC(=O)C1CC=C(F)C(OCC(NC)NC2=CC=CC=CC2)=CC1.CC.CF.CNc1ncccc1C. The topological polar surface area (TPSA) is 75.3 Å². The number of likely N-dealkylation sites (N-methyl/N-ethyl adjacent to an activating group) is 1. The molecule has 0 saturated carbocycles. The highest BCUT2D eigenvalue weighted by Crippen LogP contribution is 2.25. The van der Waals surface area contributed by atoms with Crippen molar-refractivity contribution in [3.63, 3.8) is 0 Å². The number of halogens is 2. The van der Waals surface area contributed by atoms with E-state index in [-0.39, 0.29) is 30.2 Å². The zero-order chi connectivity index (χ0) is 28.8. The van der Waals surface area contributed by atoms with Gasteiger partial charge in [-0.3, -0.25) is 14.5 Å². The minimum absolute atomic E-state index is 0.0715. The highest BCUT2D eigenvalue weighted by molar-refractivity contribution is 5.91. The molecular formula is C30H44F2N4O2. The molecule has 0 aromatic carbocycles. The molecule has 2 unspecified atom stereocenters. The molecule has 38 heavy (non-hydrogen) atoms. The molecule has 3 rings (SSSR count). The van der Waals surface area contributed by atoms with Crippen LogP contribution in [0.15, 0.2) is 90.8 Å². The van der Waals surface area contributed by atoms with Crippen molar-refractivity contribution in [2.45, 2.75) is 46.2 Å². The molecular weight excluding hydrogens is 486 g/mol. The van der Waals surface area contributed by atoms with Crippen LogP contribution in [0.25, 0.3) is 0 Å². The lowest BCUT2D eigenvalue weighted by atomic mass is 9.97. The fraction of sp³-hybridized carbons (Fsp3) is 0.400. The van der Waals surface area contributed by atoms with E-state index in [1.54, 1.807) is 12.3 Å². The first-order valence-electron chi connectivity index (χ1n) is 12.8. The van der Waals surface area contributed by atoms with E-state index < -0.39 is 5.83 Å². The predicted octanol–water partition coefficient (Wildman–Crippen LogP) is 6.48. The van der Waals surface area contributed by atoms with Crippen molar-refractivity contribution in [3.8, 4) is 0 Å². The van der Waals surface area contributed by atoms with Crippen molar-refractivity contribution in [3.05, 3.63) is 96.4 Å². The minimum atomic E-state index is -0.422. The van der Waals surface area contributed by atoms with Crippen LogP contribution in [-0.4, -0.2) is 44.8 Å². The summed E-state index contributed by atoms with van der Waals surface area (Å²) in [4.78, 5) is 15.8. The molecule has 210 valence electrons. The van der Waals surface area contributed by atoms with Gasteiger partial charge in [0.05, 0.1) is 7.18 Å². The van der Waals surface area contributed by atoms with Crippen LogP contribution in [0.1, 0.15) is 38.7 Å². The second-order valence-corrected chi connectivity index (χ2v) is 7.82. The summed E-state index contributed by atoms with van der Waals surface area (Å²) in [6.07, 6.45) is 17.6. The second kappa shape index (κ2) is 21.6. The average Bonchev–Trinajstić information content (AvgIpc) is 3.34.